The molecule has 1 amide bonds. The van der Waals surface area contributed by atoms with Crippen molar-refractivity contribution in [3.05, 3.63) is 10.6 Å². The molecule has 0 spiro atoms. The van der Waals surface area contributed by atoms with Gasteiger partial charge >= 0.3 is 5.97 Å². The summed E-state index contributed by atoms with van der Waals surface area (Å²) in [5.74, 6) is -1.20. The van der Waals surface area contributed by atoms with Crippen LogP contribution in [0, 0.1) is 0 Å². The molecule has 0 saturated carbocycles. The number of carboxylic acid groups (broad SMARTS) is 1. The minimum absolute atomic E-state index is 0.0703. The van der Waals surface area contributed by atoms with Gasteiger partial charge in [0, 0.05) is 17.0 Å². The second kappa shape index (κ2) is 4.66. The number of carbonyl (C=O) groups excluding carboxylic acids is 1. The Balaban J connectivity index is 2.72. The average Bonchev–Trinajstić information content (AvgIpc) is 2.48. The minimum Gasteiger partial charge on any atom is -0.480 e. The van der Waals surface area contributed by atoms with Crippen LogP contribution < -0.4 is 0 Å². The quantitative estimate of drug-likeness (QED) is 0.807. The number of hydrogen-bond donors (Lipinski definition) is 1. The van der Waals surface area contributed by atoms with E-state index < -0.39 is 12.0 Å². The van der Waals surface area contributed by atoms with Crippen molar-refractivity contribution in [1.29, 1.82) is 0 Å². The maximum absolute atomic E-state index is 11.3. The zero-order chi connectivity index (χ0) is 10.7. The summed E-state index contributed by atoms with van der Waals surface area (Å²) in [7, 11) is 0. The van der Waals surface area contributed by atoms with E-state index in [2.05, 4.69) is 0 Å². The van der Waals surface area contributed by atoms with Gasteiger partial charge in [0.1, 0.15) is 6.04 Å². The molecule has 78 valence electrons. The number of amides is 1. The Labute approximate surface area is 91.1 Å². The third-order valence-corrected chi connectivity index (χ3v) is 2.66. The molecule has 0 bridgehead atoms. The number of carbonyl (C=O) groups is 2. The van der Waals surface area contributed by atoms with Crippen molar-refractivity contribution in [3.8, 4) is 0 Å². The Bertz CT molecular complexity index is 290. The monoisotopic (exact) mass is 237 g/mol. The first-order chi connectivity index (χ1) is 6.56. The summed E-state index contributed by atoms with van der Waals surface area (Å²) in [4.78, 5) is 23.2. The van der Waals surface area contributed by atoms with Crippen LogP contribution in [0.4, 0.5) is 0 Å². The molecule has 0 aromatic carbocycles. The van der Waals surface area contributed by atoms with Gasteiger partial charge in [0.25, 0.3) is 0 Å². The highest BCUT2D eigenvalue weighted by Crippen LogP contribution is 2.21. The summed E-state index contributed by atoms with van der Waals surface area (Å²) in [6, 6.07) is -0.770. The van der Waals surface area contributed by atoms with E-state index >= 15 is 0 Å². The van der Waals surface area contributed by atoms with Gasteiger partial charge in [0.2, 0.25) is 5.91 Å². The van der Waals surface area contributed by atoms with E-state index in [-0.39, 0.29) is 23.9 Å². The van der Waals surface area contributed by atoms with E-state index in [1.165, 1.54) is 4.90 Å². The molecule has 1 aliphatic heterocycles. The molecule has 1 rings (SSSR count). The topological polar surface area (TPSA) is 57.6 Å². The second-order valence-corrected chi connectivity index (χ2v) is 3.67. The molecule has 0 aromatic heterocycles. The zero-order valence-electron chi connectivity index (χ0n) is 7.24. The van der Waals surface area contributed by atoms with Crippen molar-refractivity contribution in [2.75, 3.05) is 6.54 Å². The molecule has 1 unspecified atom stereocenters. The Morgan fingerprint density at radius 1 is 1.71 bits per heavy atom. The van der Waals surface area contributed by atoms with E-state index in [4.69, 9.17) is 28.3 Å². The van der Waals surface area contributed by atoms with E-state index in [1.807, 2.05) is 0 Å². The predicted molar refractivity (Wildman–Crippen MR) is 52.2 cm³/mol. The Morgan fingerprint density at radius 2 is 2.36 bits per heavy atom. The Morgan fingerprint density at radius 3 is 2.86 bits per heavy atom. The van der Waals surface area contributed by atoms with Gasteiger partial charge in [0.05, 0.1) is 6.54 Å². The molecule has 1 atom stereocenters. The highest BCUT2D eigenvalue weighted by Gasteiger charge is 2.35. The fourth-order valence-corrected chi connectivity index (χ4v) is 1.58. The molecule has 1 N–H and O–H groups in total. The third kappa shape index (κ3) is 2.39. The summed E-state index contributed by atoms with van der Waals surface area (Å²) in [5, 5.41) is 9.06. The van der Waals surface area contributed by atoms with Crippen LogP contribution >= 0.6 is 23.2 Å². The van der Waals surface area contributed by atoms with Crippen LogP contribution in [0.2, 0.25) is 0 Å². The van der Waals surface area contributed by atoms with Gasteiger partial charge in [-0.15, -0.1) is 0 Å². The molecule has 4 nitrogen and oxygen atoms in total. The van der Waals surface area contributed by atoms with E-state index in [0.29, 0.717) is 6.42 Å². The third-order valence-electron chi connectivity index (χ3n) is 2.05. The smallest absolute Gasteiger partial charge is 0.326 e. The fourth-order valence-electron chi connectivity index (χ4n) is 1.39. The first-order valence-corrected chi connectivity index (χ1v) is 4.84. The van der Waals surface area contributed by atoms with Crippen LogP contribution in [0.25, 0.3) is 0 Å². The van der Waals surface area contributed by atoms with E-state index in [0.717, 1.165) is 5.54 Å². The van der Waals surface area contributed by atoms with Gasteiger partial charge in [0.15, 0.2) is 0 Å². The van der Waals surface area contributed by atoms with Crippen molar-refractivity contribution in [2.45, 2.75) is 18.9 Å². The van der Waals surface area contributed by atoms with Crippen LogP contribution in [0.15, 0.2) is 10.6 Å². The van der Waals surface area contributed by atoms with Crippen molar-refractivity contribution < 1.29 is 14.7 Å². The minimum atomic E-state index is -1.00. The summed E-state index contributed by atoms with van der Waals surface area (Å²) in [5.41, 5.74) is 1.13. The van der Waals surface area contributed by atoms with Crippen LogP contribution in [0.3, 0.4) is 0 Å². The molecule has 1 fully saturated rings. The maximum Gasteiger partial charge on any atom is 0.326 e. The lowest BCUT2D eigenvalue weighted by Crippen LogP contribution is -2.39. The molecule has 1 heterocycles. The molecule has 0 radical (unpaired) electrons. The average molecular weight is 238 g/mol. The Kier molecular flexibility index (Phi) is 3.77. The van der Waals surface area contributed by atoms with Crippen LogP contribution in [-0.4, -0.2) is 34.5 Å². The number of likely N-dealkylation sites (tertiary alicyclic amines) is 1. The Hall–Kier alpha value is -0.740. The lowest BCUT2D eigenvalue weighted by Gasteiger charge is -2.20. The lowest BCUT2D eigenvalue weighted by atomic mass is 10.2. The standard InChI is InChI=1S/C8H9Cl2NO3/c9-3-5(10)4-11-6(8(13)14)1-2-7(11)12/h3,6H,1-2,4H2,(H,13,14). The fraction of sp³-hybridized carbons (Fsp3) is 0.500. The zero-order valence-corrected chi connectivity index (χ0v) is 8.75. The normalized spacial score (nSPS) is 23.0. The number of halogens is 2. The largest absolute Gasteiger partial charge is 0.480 e. The molecular formula is C8H9Cl2NO3. The van der Waals surface area contributed by atoms with Crippen molar-refractivity contribution in [2.24, 2.45) is 0 Å². The van der Waals surface area contributed by atoms with Gasteiger partial charge in [-0.3, -0.25) is 4.79 Å². The highest BCUT2D eigenvalue weighted by molar-refractivity contribution is 6.36. The van der Waals surface area contributed by atoms with Gasteiger partial charge in [-0.1, -0.05) is 23.2 Å². The highest BCUT2D eigenvalue weighted by atomic mass is 35.5. The molecule has 1 aliphatic rings. The number of hydrogen-bond acceptors (Lipinski definition) is 2. The van der Waals surface area contributed by atoms with Crippen molar-refractivity contribution in [3.63, 3.8) is 0 Å². The second-order valence-electron chi connectivity index (χ2n) is 2.97. The van der Waals surface area contributed by atoms with Gasteiger partial charge in [-0.05, 0) is 6.42 Å². The molecule has 14 heavy (non-hydrogen) atoms. The molecular weight excluding hydrogens is 229 g/mol. The van der Waals surface area contributed by atoms with Gasteiger partial charge < -0.3 is 10.0 Å². The number of aliphatic carboxylic acids is 1. The first kappa shape index (κ1) is 11.3. The first-order valence-electron chi connectivity index (χ1n) is 4.03. The van der Waals surface area contributed by atoms with Crippen molar-refractivity contribution in [1.82, 2.24) is 4.90 Å². The summed E-state index contributed by atoms with van der Waals surface area (Å²) < 4.78 is 0. The van der Waals surface area contributed by atoms with E-state index in [9.17, 15) is 9.59 Å². The number of carboxylic acids is 1. The number of rotatable bonds is 3. The van der Waals surface area contributed by atoms with Crippen LogP contribution in [0.5, 0.6) is 0 Å². The summed E-state index contributed by atoms with van der Waals surface area (Å²) in [6.45, 7) is 0.0703. The molecule has 0 aromatic rings. The summed E-state index contributed by atoms with van der Waals surface area (Å²) in [6.07, 6.45) is 0.587. The molecule has 1 saturated heterocycles. The van der Waals surface area contributed by atoms with Crippen LogP contribution in [0.1, 0.15) is 12.8 Å². The predicted octanol–water partition coefficient (Wildman–Crippen LogP) is 1.38. The van der Waals surface area contributed by atoms with Gasteiger partial charge in [-0.25, -0.2) is 4.79 Å². The molecule has 6 heteroatoms. The van der Waals surface area contributed by atoms with Gasteiger partial charge in [-0.2, -0.15) is 0 Å². The van der Waals surface area contributed by atoms with E-state index in [1.54, 1.807) is 0 Å². The number of nitrogens with zero attached hydrogens (tertiary/aromatic N) is 1. The van der Waals surface area contributed by atoms with Crippen molar-refractivity contribution >= 4 is 35.1 Å². The maximum atomic E-state index is 11.3. The van der Waals surface area contributed by atoms with Crippen LogP contribution in [-0.2, 0) is 9.59 Å². The molecule has 0 aliphatic carbocycles. The lowest BCUT2D eigenvalue weighted by molar-refractivity contribution is -0.145. The summed E-state index contributed by atoms with van der Waals surface area (Å²) >= 11 is 10.9. The SMILES string of the molecule is O=C(O)C1CCC(=O)N1CC(Cl)=CCl.